The van der Waals surface area contributed by atoms with E-state index < -0.39 is 57.2 Å². The Hall–Kier alpha value is -2.16. The summed E-state index contributed by atoms with van der Waals surface area (Å²) in [5, 5.41) is 36.2. The van der Waals surface area contributed by atoms with Crippen molar-refractivity contribution < 1.29 is 39.2 Å². The number of ether oxygens (including phenoxy) is 1. The number of esters is 1. The molecule has 36 heavy (non-hydrogen) atoms. The summed E-state index contributed by atoms with van der Waals surface area (Å²) < 4.78 is 5.92. The molecule has 7 atom stereocenters. The molecule has 0 bridgehead atoms. The van der Waals surface area contributed by atoms with E-state index in [0.717, 1.165) is 5.57 Å². The number of carbonyl (C=O) groups excluding carboxylic acids is 4. The van der Waals surface area contributed by atoms with Gasteiger partial charge in [-0.3, -0.25) is 14.4 Å². The maximum absolute atomic E-state index is 13.6. The first-order valence-electron chi connectivity index (χ1n) is 12.8. The first-order chi connectivity index (χ1) is 16.5. The van der Waals surface area contributed by atoms with Crippen LogP contribution in [0.4, 0.5) is 0 Å². The van der Waals surface area contributed by atoms with Crippen molar-refractivity contribution in [3.63, 3.8) is 0 Å². The molecule has 3 fully saturated rings. The van der Waals surface area contributed by atoms with E-state index in [-0.39, 0.29) is 43.8 Å². The summed E-state index contributed by atoms with van der Waals surface area (Å²) >= 11 is 0. The molecule has 0 aromatic carbocycles. The molecule has 8 nitrogen and oxygen atoms in total. The molecule has 4 rings (SSSR count). The van der Waals surface area contributed by atoms with Crippen LogP contribution in [-0.4, -0.2) is 61.5 Å². The van der Waals surface area contributed by atoms with Gasteiger partial charge in [0.1, 0.15) is 23.1 Å². The molecule has 0 aromatic rings. The molecule has 198 valence electrons. The molecule has 1 unspecified atom stereocenters. The van der Waals surface area contributed by atoms with Crippen LogP contribution in [0, 0.1) is 22.7 Å². The van der Waals surface area contributed by atoms with Gasteiger partial charge in [-0.15, -0.1) is 0 Å². The van der Waals surface area contributed by atoms with Crippen LogP contribution in [0.5, 0.6) is 0 Å². The monoisotopic (exact) mass is 502 g/mol. The summed E-state index contributed by atoms with van der Waals surface area (Å²) in [7, 11) is 0. The number of fused-ring (bicyclic) bond motifs is 5. The second kappa shape index (κ2) is 8.17. The van der Waals surface area contributed by atoms with E-state index in [2.05, 4.69) is 0 Å². The predicted octanol–water partition coefficient (Wildman–Crippen LogP) is 2.37. The van der Waals surface area contributed by atoms with Gasteiger partial charge < -0.3 is 20.1 Å². The summed E-state index contributed by atoms with van der Waals surface area (Å²) in [5.74, 6) is -2.85. The van der Waals surface area contributed by atoms with Crippen molar-refractivity contribution in [1.82, 2.24) is 0 Å². The Balaban J connectivity index is 1.91. The summed E-state index contributed by atoms with van der Waals surface area (Å²) in [5.41, 5.74) is -7.99. The number of hydrogen-bond acceptors (Lipinski definition) is 8. The van der Waals surface area contributed by atoms with Crippen molar-refractivity contribution in [3.8, 4) is 0 Å². The summed E-state index contributed by atoms with van der Waals surface area (Å²) in [6, 6.07) is 0. The van der Waals surface area contributed by atoms with Crippen molar-refractivity contribution in [2.24, 2.45) is 22.7 Å². The normalized spacial score (nSPS) is 44.5. The van der Waals surface area contributed by atoms with E-state index in [1.807, 2.05) is 20.8 Å². The summed E-state index contributed by atoms with van der Waals surface area (Å²) in [6.45, 7) is 10.2. The standard InChI is InChI=1S/C28H38O8/c1-15(2)16(3)11-23(32)36-22-14-20-24(5)8-7-19(30)12-18(24)13-21(31)28(20,35)27(34)10-9-26(33,17(4)29)25(22,27)6/h11,13,15,20,22,33-35H,7-10,12,14H2,1-6H3/b16-11+/t20?,22-,24+,25-,26-,27-,28-/m1/s1. The third kappa shape index (κ3) is 3.16. The highest BCUT2D eigenvalue weighted by atomic mass is 16.5. The van der Waals surface area contributed by atoms with Gasteiger partial charge in [0.05, 0.1) is 5.41 Å². The molecule has 4 aliphatic carbocycles. The minimum Gasteiger partial charge on any atom is -0.458 e. The van der Waals surface area contributed by atoms with E-state index in [1.165, 1.54) is 26.0 Å². The quantitative estimate of drug-likeness (QED) is 0.393. The van der Waals surface area contributed by atoms with Crippen LogP contribution in [0.1, 0.15) is 80.1 Å². The first-order valence-corrected chi connectivity index (χ1v) is 12.8. The Bertz CT molecular complexity index is 1100. The minimum atomic E-state index is -2.33. The zero-order chi connectivity index (χ0) is 27.1. The van der Waals surface area contributed by atoms with Crippen LogP contribution in [0.3, 0.4) is 0 Å². The molecule has 0 saturated heterocycles. The number of hydrogen-bond donors (Lipinski definition) is 3. The molecular formula is C28H38O8. The lowest BCUT2D eigenvalue weighted by atomic mass is 9.42. The Morgan fingerprint density at radius 1 is 1.08 bits per heavy atom. The molecule has 0 amide bonds. The van der Waals surface area contributed by atoms with Crippen LogP contribution in [0.15, 0.2) is 23.3 Å². The second-order valence-corrected chi connectivity index (χ2v) is 12.2. The van der Waals surface area contributed by atoms with Crippen molar-refractivity contribution >= 4 is 23.3 Å². The zero-order valence-electron chi connectivity index (χ0n) is 22.0. The number of Topliss-reactive ketones (excluding diaryl/α,β-unsaturated/α-hetero) is 2. The molecule has 3 saturated carbocycles. The van der Waals surface area contributed by atoms with Gasteiger partial charge in [0.15, 0.2) is 17.2 Å². The van der Waals surface area contributed by atoms with Crippen LogP contribution >= 0.6 is 0 Å². The van der Waals surface area contributed by atoms with Gasteiger partial charge >= 0.3 is 5.97 Å². The Morgan fingerprint density at radius 3 is 2.31 bits per heavy atom. The Labute approximate surface area is 211 Å². The number of aliphatic hydroxyl groups is 3. The minimum absolute atomic E-state index is 0.000390. The van der Waals surface area contributed by atoms with Gasteiger partial charge in [0.25, 0.3) is 0 Å². The van der Waals surface area contributed by atoms with E-state index in [1.54, 1.807) is 6.92 Å². The number of carbonyl (C=O) groups is 4. The fraction of sp³-hybridized carbons (Fsp3) is 0.714. The lowest BCUT2D eigenvalue weighted by Gasteiger charge is -2.65. The van der Waals surface area contributed by atoms with Crippen LogP contribution in [0.2, 0.25) is 0 Å². The second-order valence-electron chi connectivity index (χ2n) is 12.2. The maximum Gasteiger partial charge on any atom is 0.330 e. The van der Waals surface area contributed by atoms with Crippen molar-refractivity contribution in [3.05, 3.63) is 23.3 Å². The third-order valence-electron chi connectivity index (χ3n) is 10.4. The average molecular weight is 503 g/mol. The van der Waals surface area contributed by atoms with E-state index in [9.17, 15) is 34.5 Å². The van der Waals surface area contributed by atoms with Gasteiger partial charge in [0.2, 0.25) is 0 Å². The van der Waals surface area contributed by atoms with Gasteiger partial charge in [-0.1, -0.05) is 31.9 Å². The molecule has 0 heterocycles. The molecular weight excluding hydrogens is 464 g/mol. The van der Waals surface area contributed by atoms with Crippen molar-refractivity contribution in [1.29, 1.82) is 0 Å². The maximum atomic E-state index is 13.6. The lowest BCUT2D eigenvalue weighted by molar-refractivity contribution is -0.300. The fourth-order valence-corrected chi connectivity index (χ4v) is 7.53. The lowest BCUT2D eigenvalue weighted by Crippen LogP contribution is -2.80. The van der Waals surface area contributed by atoms with E-state index >= 15 is 0 Å². The summed E-state index contributed by atoms with van der Waals surface area (Å²) in [4.78, 5) is 51.6. The SMILES string of the molecule is CC(=O)[C@]1(O)CC[C@@]2(O)[C@]1(C)[C@H](OC(=O)/C=C(\C)C(C)C)CC1[C@@]3(C)CCC(=O)CC3=CC(=O)[C@]12O. The third-order valence-corrected chi connectivity index (χ3v) is 10.4. The Morgan fingerprint density at radius 2 is 1.72 bits per heavy atom. The first kappa shape index (κ1) is 26.9. The molecule has 0 radical (unpaired) electrons. The largest absolute Gasteiger partial charge is 0.458 e. The number of ketones is 3. The van der Waals surface area contributed by atoms with Crippen LogP contribution in [0.25, 0.3) is 0 Å². The molecule has 0 aromatic heterocycles. The smallest absolute Gasteiger partial charge is 0.330 e. The molecule has 0 aliphatic heterocycles. The van der Waals surface area contributed by atoms with Gasteiger partial charge in [-0.05, 0) is 63.9 Å². The van der Waals surface area contributed by atoms with Gasteiger partial charge in [0, 0.05) is 24.8 Å². The highest BCUT2D eigenvalue weighted by Crippen LogP contribution is 2.70. The molecule has 0 spiro atoms. The van der Waals surface area contributed by atoms with Crippen LogP contribution in [-0.2, 0) is 23.9 Å². The molecule has 4 aliphatic rings. The molecule has 8 heteroatoms. The highest BCUT2D eigenvalue weighted by Gasteiger charge is 2.83. The van der Waals surface area contributed by atoms with Gasteiger partial charge in [-0.2, -0.15) is 0 Å². The molecule has 3 N–H and O–H groups in total. The highest BCUT2D eigenvalue weighted by molar-refractivity contribution is 6.02. The van der Waals surface area contributed by atoms with Crippen molar-refractivity contribution in [2.75, 3.05) is 0 Å². The summed E-state index contributed by atoms with van der Waals surface area (Å²) in [6.07, 6.45) is 1.70. The fourth-order valence-electron chi connectivity index (χ4n) is 7.53. The number of allylic oxidation sites excluding steroid dienone is 2. The van der Waals surface area contributed by atoms with E-state index in [4.69, 9.17) is 4.74 Å². The van der Waals surface area contributed by atoms with Crippen LogP contribution < -0.4 is 0 Å². The zero-order valence-corrected chi connectivity index (χ0v) is 22.0. The van der Waals surface area contributed by atoms with Gasteiger partial charge in [-0.25, -0.2) is 4.79 Å². The number of rotatable bonds is 4. The predicted molar refractivity (Wildman–Crippen MR) is 130 cm³/mol. The average Bonchev–Trinajstić information content (AvgIpc) is 3.01. The Kier molecular flexibility index (Phi) is 6.10. The topological polar surface area (TPSA) is 138 Å². The van der Waals surface area contributed by atoms with E-state index in [0.29, 0.717) is 12.0 Å². The van der Waals surface area contributed by atoms with Crippen molar-refractivity contribution in [2.45, 2.75) is 103 Å².